The highest BCUT2D eigenvalue weighted by molar-refractivity contribution is 7.92. The Morgan fingerprint density at radius 3 is 2.19 bits per heavy atom. The summed E-state index contributed by atoms with van der Waals surface area (Å²) in [5.41, 5.74) is 4.35. The minimum absolute atomic E-state index is 0.144. The lowest BCUT2D eigenvalue weighted by Gasteiger charge is -2.10. The second-order valence-corrected chi connectivity index (χ2v) is 9.05. The highest BCUT2D eigenvalue weighted by atomic mass is 32.2. The quantitative estimate of drug-likeness (QED) is 0.457. The van der Waals surface area contributed by atoms with Gasteiger partial charge in [0.25, 0.3) is 10.0 Å². The fourth-order valence-electron chi connectivity index (χ4n) is 3.28. The highest BCUT2D eigenvalue weighted by Gasteiger charge is 2.22. The van der Waals surface area contributed by atoms with Crippen molar-refractivity contribution in [1.82, 2.24) is 30.2 Å². The number of H-pyrrole nitrogens is 1. The van der Waals surface area contributed by atoms with Crippen LogP contribution in [0.5, 0.6) is 11.6 Å². The Kier molecular flexibility index (Phi) is 5.43. The van der Waals surface area contributed by atoms with Crippen LogP contribution in [0.3, 0.4) is 0 Å². The minimum atomic E-state index is -3.75. The molecule has 0 unspecified atom stereocenters. The van der Waals surface area contributed by atoms with Gasteiger partial charge < -0.3 is 4.74 Å². The molecule has 0 saturated heterocycles. The van der Waals surface area contributed by atoms with Crippen molar-refractivity contribution in [1.29, 1.82) is 0 Å². The van der Waals surface area contributed by atoms with E-state index in [9.17, 15) is 8.42 Å². The van der Waals surface area contributed by atoms with Crippen molar-refractivity contribution in [3.8, 4) is 17.4 Å². The van der Waals surface area contributed by atoms with Gasteiger partial charge in [0.15, 0.2) is 5.82 Å². The van der Waals surface area contributed by atoms with Gasteiger partial charge in [-0.1, -0.05) is 0 Å². The summed E-state index contributed by atoms with van der Waals surface area (Å²) in [6.07, 6.45) is 0. The van der Waals surface area contributed by atoms with Crippen LogP contribution in [0.25, 0.3) is 5.82 Å². The molecule has 4 rings (SSSR count). The van der Waals surface area contributed by atoms with Crippen molar-refractivity contribution in [2.75, 3.05) is 4.72 Å². The second-order valence-electron chi connectivity index (χ2n) is 7.43. The summed E-state index contributed by atoms with van der Waals surface area (Å²) in [5.74, 6) is 1.40. The summed E-state index contributed by atoms with van der Waals surface area (Å²) in [6, 6.07) is 9.99. The van der Waals surface area contributed by atoms with Gasteiger partial charge in [0.2, 0.25) is 5.88 Å². The molecule has 3 heterocycles. The molecule has 0 aliphatic rings. The van der Waals surface area contributed by atoms with Crippen LogP contribution in [0, 0.1) is 34.6 Å². The third kappa shape index (κ3) is 4.06. The molecule has 10 nitrogen and oxygen atoms in total. The van der Waals surface area contributed by atoms with Crippen LogP contribution >= 0.6 is 0 Å². The van der Waals surface area contributed by atoms with E-state index in [4.69, 9.17) is 4.74 Å². The van der Waals surface area contributed by atoms with E-state index in [2.05, 4.69) is 30.2 Å². The number of nitrogens with zero attached hydrogens (tertiary/aromatic N) is 5. The Balaban J connectivity index is 1.46. The van der Waals surface area contributed by atoms with E-state index < -0.39 is 10.0 Å². The van der Waals surface area contributed by atoms with Gasteiger partial charge in [0.05, 0.1) is 17.1 Å². The zero-order valence-electron chi connectivity index (χ0n) is 18.3. The second kappa shape index (κ2) is 8.08. The van der Waals surface area contributed by atoms with Crippen molar-refractivity contribution >= 4 is 15.7 Å². The molecule has 32 heavy (non-hydrogen) atoms. The maximum atomic E-state index is 12.6. The lowest BCUT2D eigenvalue weighted by Crippen LogP contribution is -2.14. The predicted molar refractivity (Wildman–Crippen MR) is 119 cm³/mol. The molecule has 166 valence electrons. The van der Waals surface area contributed by atoms with E-state index in [1.165, 1.54) is 0 Å². The molecule has 0 amide bonds. The summed E-state index contributed by atoms with van der Waals surface area (Å²) in [6.45, 7) is 9.24. The molecular formula is C21H23N7O3S. The van der Waals surface area contributed by atoms with Crippen molar-refractivity contribution in [3.63, 3.8) is 0 Å². The Hall–Kier alpha value is -3.73. The molecule has 0 atom stereocenters. The van der Waals surface area contributed by atoms with E-state index in [0.29, 0.717) is 34.5 Å². The Morgan fingerprint density at radius 2 is 1.66 bits per heavy atom. The maximum absolute atomic E-state index is 12.6. The third-order valence-electron chi connectivity index (χ3n) is 5.15. The number of aromatic amines is 1. The van der Waals surface area contributed by atoms with Gasteiger partial charge in [-0.2, -0.15) is 10.2 Å². The Bertz CT molecular complexity index is 1350. The predicted octanol–water partition coefficient (Wildman–Crippen LogP) is 3.52. The van der Waals surface area contributed by atoms with Gasteiger partial charge in [-0.15, -0.1) is 10.2 Å². The fraction of sp³-hybridized carbons (Fsp3) is 0.238. The van der Waals surface area contributed by atoms with Crippen LogP contribution in [0.2, 0.25) is 0 Å². The molecule has 2 N–H and O–H groups in total. The van der Waals surface area contributed by atoms with E-state index in [1.807, 2.05) is 20.8 Å². The van der Waals surface area contributed by atoms with Crippen LogP contribution in [0.15, 0.2) is 41.3 Å². The van der Waals surface area contributed by atoms with Crippen molar-refractivity contribution in [2.24, 2.45) is 0 Å². The first-order valence-electron chi connectivity index (χ1n) is 9.85. The summed E-state index contributed by atoms with van der Waals surface area (Å²) < 4.78 is 35.3. The minimum Gasteiger partial charge on any atom is -0.438 e. The number of aromatic nitrogens is 6. The van der Waals surface area contributed by atoms with Crippen molar-refractivity contribution < 1.29 is 13.2 Å². The standard InChI is InChI=1S/C21H23N7O3S/c1-12-13(2)26-28(16(12)5)19-10-11-20(25-24-19)31-18-8-6-17(7-9-18)27-32(29,30)21-14(3)22-23-15(21)4/h6-11,27H,1-5H3,(H,22,23). The van der Waals surface area contributed by atoms with Crippen LogP contribution in [0.4, 0.5) is 5.69 Å². The van der Waals surface area contributed by atoms with E-state index in [1.54, 1.807) is 54.9 Å². The third-order valence-corrected chi connectivity index (χ3v) is 6.80. The first-order valence-corrected chi connectivity index (χ1v) is 11.3. The van der Waals surface area contributed by atoms with Gasteiger partial charge in [0.1, 0.15) is 10.6 Å². The summed E-state index contributed by atoms with van der Waals surface area (Å²) in [4.78, 5) is 0.144. The van der Waals surface area contributed by atoms with E-state index in [-0.39, 0.29) is 4.90 Å². The molecular weight excluding hydrogens is 430 g/mol. The molecule has 1 aromatic carbocycles. The summed E-state index contributed by atoms with van der Waals surface area (Å²) >= 11 is 0. The summed E-state index contributed by atoms with van der Waals surface area (Å²) in [5, 5.41) is 19.4. The molecule has 0 radical (unpaired) electrons. The monoisotopic (exact) mass is 453 g/mol. The molecule has 4 aromatic rings. The molecule has 0 aliphatic heterocycles. The maximum Gasteiger partial charge on any atom is 0.265 e. The van der Waals surface area contributed by atoms with Gasteiger partial charge in [-0.25, -0.2) is 13.1 Å². The van der Waals surface area contributed by atoms with Gasteiger partial charge in [0, 0.05) is 17.4 Å². The number of hydrogen-bond acceptors (Lipinski definition) is 7. The molecule has 0 saturated carbocycles. The number of rotatable bonds is 6. The number of sulfonamides is 1. The fourth-order valence-corrected chi connectivity index (χ4v) is 4.71. The lowest BCUT2D eigenvalue weighted by molar-refractivity contribution is 0.454. The number of benzene rings is 1. The smallest absolute Gasteiger partial charge is 0.265 e. The van der Waals surface area contributed by atoms with E-state index in [0.717, 1.165) is 17.0 Å². The molecule has 0 aliphatic carbocycles. The van der Waals surface area contributed by atoms with Crippen LogP contribution in [0.1, 0.15) is 28.3 Å². The van der Waals surface area contributed by atoms with Crippen molar-refractivity contribution in [3.05, 3.63) is 64.7 Å². The zero-order chi connectivity index (χ0) is 23.0. The molecule has 0 bridgehead atoms. The molecule has 0 spiro atoms. The molecule has 0 fully saturated rings. The summed E-state index contributed by atoms with van der Waals surface area (Å²) in [7, 11) is -3.75. The Labute approximate surface area is 185 Å². The number of anilines is 1. The largest absolute Gasteiger partial charge is 0.438 e. The number of aryl methyl sites for hydroxylation is 3. The van der Waals surface area contributed by atoms with Crippen LogP contribution in [-0.2, 0) is 10.0 Å². The average molecular weight is 454 g/mol. The number of hydrogen-bond donors (Lipinski definition) is 2. The normalized spacial score (nSPS) is 11.5. The number of nitrogens with one attached hydrogen (secondary N) is 2. The lowest BCUT2D eigenvalue weighted by atomic mass is 10.2. The SMILES string of the molecule is Cc1nn(-c2ccc(Oc3ccc(NS(=O)(=O)c4c(C)n[nH]c4C)cc3)nn2)c(C)c1C. The van der Waals surface area contributed by atoms with Crippen molar-refractivity contribution in [2.45, 2.75) is 39.5 Å². The molecule has 3 aromatic heterocycles. The Morgan fingerprint density at radius 1 is 0.938 bits per heavy atom. The first-order chi connectivity index (χ1) is 15.2. The van der Waals surface area contributed by atoms with Gasteiger partial charge in [-0.05, 0) is 70.5 Å². The first kappa shape index (κ1) is 21.5. The highest BCUT2D eigenvalue weighted by Crippen LogP contribution is 2.25. The number of ether oxygens (including phenoxy) is 1. The molecule has 11 heteroatoms. The topological polar surface area (TPSA) is 128 Å². The average Bonchev–Trinajstić information content (AvgIpc) is 3.23. The van der Waals surface area contributed by atoms with Crippen LogP contribution in [-0.4, -0.2) is 38.6 Å². The van der Waals surface area contributed by atoms with Crippen LogP contribution < -0.4 is 9.46 Å². The zero-order valence-corrected chi connectivity index (χ0v) is 19.1. The van der Waals surface area contributed by atoms with E-state index >= 15 is 0 Å². The van der Waals surface area contributed by atoms with Gasteiger partial charge in [-0.3, -0.25) is 9.82 Å². The van der Waals surface area contributed by atoms with Gasteiger partial charge >= 0.3 is 0 Å².